The van der Waals surface area contributed by atoms with E-state index in [2.05, 4.69) is 50.4 Å². The predicted octanol–water partition coefficient (Wildman–Crippen LogP) is 2.96. The zero-order chi connectivity index (χ0) is 16.2. The van der Waals surface area contributed by atoms with Gasteiger partial charge in [0.05, 0.1) is 12.7 Å². The maximum absolute atomic E-state index is 12.1. The summed E-state index contributed by atoms with van der Waals surface area (Å²) in [6, 6.07) is 8.69. The molecule has 1 N–H and O–H groups in total. The number of amides is 2. The lowest BCUT2D eigenvalue weighted by Gasteiger charge is -2.31. The number of urea groups is 1. The van der Waals surface area contributed by atoms with Gasteiger partial charge in [-0.25, -0.2) is 4.79 Å². The van der Waals surface area contributed by atoms with E-state index in [1.54, 1.807) is 0 Å². The van der Waals surface area contributed by atoms with Gasteiger partial charge in [-0.15, -0.1) is 0 Å². The lowest BCUT2D eigenvalue weighted by Crippen LogP contribution is -2.49. The summed E-state index contributed by atoms with van der Waals surface area (Å²) < 4.78 is 5.45. The van der Waals surface area contributed by atoms with Crippen LogP contribution in [0.4, 0.5) is 4.79 Å². The van der Waals surface area contributed by atoms with Crippen molar-refractivity contribution in [1.29, 1.82) is 0 Å². The van der Waals surface area contributed by atoms with Crippen molar-refractivity contribution in [2.75, 3.05) is 26.2 Å². The first kappa shape index (κ1) is 16.8. The molecule has 2 amide bonds. The Labute approximate surface area is 133 Å². The van der Waals surface area contributed by atoms with Crippen LogP contribution < -0.4 is 5.32 Å². The second kappa shape index (κ2) is 7.14. The van der Waals surface area contributed by atoms with Gasteiger partial charge in [0, 0.05) is 19.6 Å². The summed E-state index contributed by atoms with van der Waals surface area (Å²) >= 11 is 0. The summed E-state index contributed by atoms with van der Waals surface area (Å²) in [7, 11) is 0. The number of benzene rings is 1. The fourth-order valence-electron chi connectivity index (χ4n) is 2.60. The van der Waals surface area contributed by atoms with Gasteiger partial charge in [0.15, 0.2) is 0 Å². The molecule has 4 nitrogen and oxygen atoms in total. The zero-order valence-corrected chi connectivity index (χ0v) is 14.2. The summed E-state index contributed by atoms with van der Waals surface area (Å²) in [5.74, 6) is 0. The van der Waals surface area contributed by atoms with Crippen LogP contribution in [0, 0.1) is 0 Å². The number of hydrogen-bond donors (Lipinski definition) is 1. The second-order valence-corrected chi connectivity index (χ2v) is 7.06. The minimum atomic E-state index is 0.0152. The van der Waals surface area contributed by atoms with Crippen molar-refractivity contribution in [2.24, 2.45) is 0 Å². The van der Waals surface area contributed by atoms with Crippen LogP contribution in [-0.2, 0) is 16.6 Å². The predicted molar refractivity (Wildman–Crippen MR) is 89.2 cm³/mol. The maximum Gasteiger partial charge on any atom is 0.317 e. The molecule has 0 radical (unpaired) electrons. The summed E-state index contributed by atoms with van der Waals surface area (Å²) in [5.41, 5.74) is 2.77. The van der Waals surface area contributed by atoms with Crippen molar-refractivity contribution in [2.45, 2.75) is 45.6 Å². The van der Waals surface area contributed by atoms with E-state index < -0.39 is 0 Å². The second-order valence-electron chi connectivity index (χ2n) is 7.06. The molecule has 1 aromatic rings. The van der Waals surface area contributed by atoms with Crippen LogP contribution in [0.25, 0.3) is 0 Å². The highest BCUT2D eigenvalue weighted by molar-refractivity contribution is 5.74. The Bertz CT molecular complexity index is 491. The van der Waals surface area contributed by atoms with Crippen LogP contribution in [0.1, 0.15) is 38.8 Å². The number of nitrogens with one attached hydrogen (secondary N) is 1. The number of hydrogen-bond acceptors (Lipinski definition) is 2. The average molecular weight is 304 g/mol. The summed E-state index contributed by atoms with van der Waals surface area (Å²) in [4.78, 5) is 13.9. The number of carbonyl (C=O) groups excluding carboxylic acids is 1. The molecular weight excluding hydrogens is 276 g/mol. The molecule has 0 spiro atoms. The monoisotopic (exact) mass is 304 g/mol. The zero-order valence-electron chi connectivity index (χ0n) is 14.2. The number of ether oxygens (including phenoxy) is 1. The molecule has 0 aliphatic carbocycles. The molecule has 1 saturated heterocycles. The highest BCUT2D eigenvalue weighted by Crippen LogP contribution is 2.22. The van der Waals surface area contributed by atoms with Crippen molar-refractivity contribution in [3.05, 3.63) is 35.4 Å². The Morgan fingerprint density at radius 3 is 2.59 bits per heavy atom. The first-order chi connectivity index (χ1) is 10.4. The van der Waals surface area contributed by atoms with E-state index >= 15 is 0 Å². The van der Waals surface area contributed by atoms with Crippen molar-refractivity contribution < 1.29 is 9.53 Å². The van der Waals surface area contributed by atoms with Gasteiger partial charge in [-0.2, -0.15) is 0 Å². The number of rotatable bonds is 3. The normalized spacial score (nSPS) is 19.1. The molecule has 1 aliphatic rings. The Hall–Kier alpha value is -1.55. The first-order valence-electron chi connectivity index (χ1n) is 8.10. The first-order valence-corrected chi connectivity index (χ1v) is 8.10. The molecule has 1 heterocycles. The third-order valence-electron chi connectivity index (χ3n) is 4.04. The number of carbonyl (C=O) groups is 1. The topological polar surface area (TPSA) is 41.6 Å². The van der Waals surface area contributed by atoms with Gasteiger partial charge < -0.3 is 15.0 Å². The van der Waals surface area contributed by atoms with Crippen molar-refractivity contribution in [1.82, 2.24) is 10.2 Å². The van der Waals surface area contributed by atoms with Gasteiger partial charge >= 0.3 is 6.03 Å². The van der Waals surface area contributed by atoms with Crippen LogP contribution in [-0.4, -0.2) is 43.3 Å². The summed E-state index contributed by atoms with van der Waals surface area (Å²) in [6.45, 7) is 11.3. The van der Waals surface area contributed by atoms with Crippen molar-refractivity contribution in [3.63, 3.8) is 0 Å². The van der Waals surface area contributed by atoms with Crippen LogP contribution >= 0.6 is 0 Å². The van der Waals surface area contributed by atoms with Gasteiger partial charge in [0.2, 0.25) is 0 Å². The van der Waals surface area contributed by atoms with Crippen molar-refractivity contribution in [3.8, 4) is 0 Å². The molecule has 1 unspecified atom stereocenters. The number of nitrogens with zero attached hydrogens (tertiary/aromatic N) is 1. The summed E-state index contributed by atoms with van der Waals surface area (Å²) in [5, 5.41) is 3.00. The Kier molecular flexibility index (Phi) is 5.46. The third-order valence-corrected chi connectivity index (χ3v) is 4.04. The SMILES string of the molecule is CC1CN(C(=O)NCCc2ccc(C(C)(C)C)cc2)CCO1. The maximum atomic E-state index is 12.1. The highest BCUT2D eigenvalue weighted by atomic mass is 16.5. The number of morpholine rings is 1. The van der Waals surface area contributed by atoms with E-state index in [1.165, 1.54) is 11.1 Å². The van der Waals surface area contributed by atoms with E-state index in [0.29, 0.717) is 26.2 Å². The minimum Gasteiger partial charge on any atom is -0.375 e. The standard InChI is InChI=1S/C18H28N2O2/c1-14-13-20(11-12-22-14)17(21)19-10-9-15-5-7-16(8-6-15)18(2,3)4/h5-8,14H,9-13H2,1-4H3,(H,19,21). The molecule has 1 aromatic carbocycles. The molecule has 122 valence electrons. The molecule has 2 rings (SSSR count). The van der Waals surface area contributed by atoms with Gasteiger partial charge in [0.1, 0.15) is 0 Å². The molecule has 0 saturated carbocycles. The molecule has 22 heavy (non-hydrogen) atoms. The fourth-order valence-corrected chi connectivity index (χ4v) is 2.60. The molecule has 4 heteroatoms. The fraction of sp³-hybridized carbons (Fsp3) is 0.611. The molecular formula is C18H28N2O2. The van der Waals surface area contributed by atoms with Gasteiger partial charge in [-0.05, 0) is 29.9 Å². The quantitative estimate of drug-likeness (QED) is 0.933. The Balaban J connectivity index is 1.77. The van der Waals surface area contributed by atoms with E-state index in [0.717, 1.165) is 6.42 Å². The van der Waals surface area contributed by atoms with E-state index in [-0.39, 0.29) is 17.6 Å². The summed E-state index contributed by atoms with van der Waals surface area (Å²) in [6.07, 6.45) is 0.986. The minimum absolute atomic E-state index is 0.0152. The molecule has 1 aliphatic heterocycles. The van der Waals surface area contributed by atoms with Gasteiger partial charge in [-0.1, -0.05) is 45.0 Å². The molecule has 1 atom stereocenters. The van der Waals surface area contributed by atoms with Gasteiger partial charge in [0.25, 0.3) is 0 Å². The highest BCUT2D eigenvalue weighted by Gasteiger charge is 2.20. The van der Waals surface area contributed by atoms with Crippen LogP contribution in [0.5, 0.6) is 0 Å². The molecule has 0 aromatic heterocycles. The van der Waals surface area contributed by atoms with Gasteiger partial charge in [-0.3, -0.25) is 0 Å². The van der Waals surface area contributed by atoms with Crippen molar-refractivity contribution >= 4 is 6.03 Å². The van der Waals surface area contributed by atoms with Crippen LogP contribution in [0.15, 0.2) is 24.3 Å². The Morgan fingerprint density at radius 2 is 2.00 bits per heavy atom. The molecule has 0 bridgehead atoms. The lowest BCUT2D eigenvalue weighted by atomic mass is 9.86. The van der Waals surface area contributed by atoms with E-state index in [9.17, 15) is 4.79 Å². The average Bonchev–Trinajstić information content (AvgIpc) is 2.47. The Morgan fingerprint density at radius 1 is 1.32 bits per heavy atom. The van der Waals surface area contributed by atoms with Crippen LogP contribution in [0.3, 0.4) is 0 Å². The van der Waals surface area contributed by atoms with E-state index in [4.69, 9.17) is 4.74 Å². The largest absolute Gasteiger partial charge is 0.375 e. The third kappa shape index (κ3) is 4.73. The van der Waals surface area contributed by atoms with Crippen LogP contribution in [0.2, 0.25) is 0 Å². The molecule has 1 fully saturated rings. The van der Waals surface area contributed by atoms with E-state index in [1.807, 2.05) is 11.8 Å². The lowest BCUT2D eigenvalue weighted by molar-refractivity contribution is -0.00342. The smallest absolute Gasteiger partial charge is 0.317 e.